The lowest BCUT2D eigenvalue weighted by molar-refractivity contribution is 0.111. The second-order valence-corrected chi connectivity index (χ2v) is 6.47. The van der Waals surface area contributed by atoms with Crippen LogP contribution in [0, 0.1) is 6.92 Å². The van der Waals surface area contributed by atoms with Crippen LogP contribution in [0.1, 0.15) is 60.9 Å². The number of carbonyl (C=O) groups is 1. The first-order chi connectivity index (χ1) is 12.2. The molecule has 0 saturated heterocycles. The molecule has 1 aliphatic rings. The molecule has 5 nitrogen and oxygen atoms in total. The van der Waals surface area contributed by atoms with Crippen LogP contribution in [0.3, 0.4) is 0 Å². The van der Waals surface area contributed by atoms with Crippen LogP contribution in [0.15, 0.2) is 30.0 Å². The molecule has 2 aromatic heterocycles. The lowest BCUT2D eigenvalue weighted by Gasteiger charge is -2.22. The summed E-state index contributed by atoms with van der Waals surface area (Å²) in [4.78, 5) is 15.5. The normalized spacial score (nSPS) is 14.6. The van der Waals surface area contributed by atoms with Gasteiger partial charge in [-0.15, -0.1) is 0 Å². The Bertz CT molecular complexity index is 777. The number of rotatable bonds is 7. The molecule has 25 heavy (non-hydrogen) atoms. The van der Waals surface area contributed by atoms with E-state index in [1.807, 2.05) is 25.3 Å². The van der Waals surface area contributed by atoms with E-state index >= 15 is 0 Å². The molecule has 0 fully saturated rings. The van der Waals surface area contributed by atoms with Crippen molar-refractivity contribution in [1.82, 2.24) is 14.8 Å². The maximum absolute atomic E-state index is 11.2. The highest BCUT2D eigenvalue weighted by atomic mass is 16.5. The zero-order valence-corrected chi connectivity index (χ0v) is 15.0. The Hall–Kier alpha value is -2.43. The monoisotopic (exact) mass is 339 g/mol. The third kappa shape index (κ3) is 3.98. The van der Waals surface area contributed by atoms with Crippen molar-refractivity contribution < 1.29 is 9.53 Å². The lowest BCUT2D eigenvalue weighted by atomic mass is 9.90. The molecule has 0 aromatic carbocycles. The molecule has 0 unspecified atom stereocenters. The number of aryl methyl sites for hydroxylation is 2. The summed E-state index contributed by atoms with van der Waals surface area (Å²) in [5, 5.41) is 4.46. The van der Waals surface area contributed by atoms with Crippen LogP contribution in [0.4, 0.5) is 0 Å². The van der Waals surface area contributed by atoms with Crippen molar-refractivity contribution in [1.29, 1.82) is 0 Å². The summed E-state index contributed by atoms with van der Waals surface area (Å²) in [5.74, 6) is 0.556. The van der Waals surface area contributed by atoms with Crippen molar-refractivity contribution in [2.75, 3.05) is 6.61 Å². The summed E-state index contributed by atoms with van der Waals surface area (Å²) in [7, 11) is 0. The lowest BCUT2D eigenvalue weighted by Crippen LogP contribution is -2.12. The summed E-state index contributed by atoms with van der Waals surface area (Å²) >= 11 is 0. The van der Waals surface area contributed by atoms with Gasteiger partial charge in [-0.05, 0) is 68.4 Å². The van der Waals surface area contributed by atoms with Crippen LogP contribution in [-0.2, 0) is 6.54 Å². The Labute approximate surface area is 148 Å². The highest BCUT2D eigenvalue weighted by molar-refractivity contribution is 5.76. The van der Waals surface area contributed by atoms with Crippen molar-refractivity contribution >= 4 is 11.9 Å². The molecular weight excluding hydrogens is 314 g/mol. The minimum absolute atomic E-state index is 0.369. The second-order valence-electron chi connectivity index (χ2n) is 6.47. The van der Waals surface area contributed by atoms with E-state index in [9.17, 15) is 4.79 Å². The first-order valence-electron chi connectivity index (χ1n) is 9.01. The second kappa shape index (κ2) is 8.10. The van der Waals surface area contributed by atoms with Crippen LogP contribution in [0.2, 0.25) is 0 Å². The maximum Gasteiger partial charge on any atom is 0.172 e. The van der Waals surface area contributed by atoms with E-state index in [1.54, 1.807) is 0 Å². The van der Waals surface area contributed by atoms with Crippen molar-refractivity contribution in [3.05, 3.63) is 47.1 Å². The molecule has 0 radical (unpaired) electrons. The molecule has 0 amide bonds. The Balaban J connectivity index is 1.84. The summed E-state index contributed by atoms with van der Waals surface area (Å²) in [6.45, 7) is 5.46. The molecule has 0 bridgehead atoms. The molecule has 0 N–H and O–H groups in total. The van der Waals surface area contributed by atoms with Gasteiger partial charge in [-0.25, -0.2) is 4.98 Å². The van der Waals surface area contributed by atoms with E-state index in [1.165, 1.54) is 29.7 Å². The van der Waals surface area contributed by atoms with Crippen LogP contribution in [0.5, 0.6) is 5.75 Å². The fraction of sp³-hybridized carbons (Fsp3) is 0.450. The molecule has 0 aliphatic heterocycles. The smallest absolute Gasteiger partial charge is 0.172 e. The standard InChI is InChI=1S/C20H25N3O2/c1-3-12-23-19(10-11-21-23)17-7-5-4-6-16(17)14-25-20-9-8-15(2)22-18(20)13-24/h8-11,13H,3-7,12,14H2,1-2H3. The zero-order chi connectivity index (χ0) is 17.6. The Morgan fingerprint density at radius 3 is 2.88 bits per heavy atom. The summed E-state index contributed by atoms with van der Waals surface area (Å²) in [6.07, 6.45) is 8.15. The average Bonchev–Trinajstić information content (AvgIpc) is 3.09. The molecule has 2 heterocycles. The number of pyridine rings is 1. The predicted molar refractivity (Wildman–Crippen MR) is 97.8 cm³/mol. The number of aldehydes is 1. The van der Waals surface area contributed by atoms with Crippen LogP contribution >= 0.6 is 0 Å². The minimum atomic E-state index is 0.369. The average molecular weight is 339 g/mol. The molecule has 1 aliphatic carbocycles. The first-order valence-corrected chi connectivity index (χ1v) is 9.01. The molecular formula is C20H25N3O2. The van der Waals surface area contributed by atoms with E-state index in [-0.39, 0.29) is 0 Å². The van der Waals surface area contributed by atoms with Gasteiger partial charge in [0.1, 0.15) is 18.1 Å². The number of nitrogens with zero attached hydrogens (tertiary/aromatic N) is 3. The van der Waals surface area contributed by atoms with Crippen LogP contribution < -0.4 is 4.74 Å². The van der Waals surface area contributed by atoms with E-state index in [2.05, 4.69) is 27.8 Å². The molecule has 2 aromatic rings. The quantitative estimate of drug-likeness (QED) is 0.709. The Morgan fingerprint density at radius 1 is 1.24 bits per heavy atom. The summed E-state index contributed by atoms with van der Waals surface area (Å²) < 4.78 is 8.06. The van der Waals surface area contributed by atoms with Gasteiger partial charge in [-0.2, -0.15) is 5.10 Å². The van der Waals surface area contributed by atoms with Crippen molar-refractivity contribution in [3.8, 4) is 5.75 Å². The zero-order valence-electron chi connectivity index (χ0n) is 15.0. The fourth-order valence-electron chi connectivity index (χ4n) is 3.35. The molecule has 132 valence electrons. The van der Waals surface area contributed by atoms with E-state index in [0.717, 1.165) is 37.8 Å². The van der Waals surface area contributed by atoms with Gasteiger partial charge in [-0.3, -0.25) is 9.48 Å². The van der Waals surface area contributed by atoms with Gasteiger partial charge in [0.25, 0.3) is 0 Å². The first kappa shape index (κ1) is 17.4. The van der Waals surface area contributed by atoms with Gasteiger partial charge in [0.15, 0.2) is 6.29 Å². The number of aromatic nitrogens is 3. The van der Waals surface area contributed by atoms with Crippen LogP contribution in [-0.4, -0.2) is 27.7 Å². The molecule has 0 spiro atoms. The summed E-state index contributed by atoms with van der Waals surface area (Å²) in [6, 6.07) is 5.80. The van der Waals surface area contributed by atoms with Crippen molar-refractivity contribution in [2.24, 2.45) is 0 Å². The topological polar surface area (TPSA) is 57.0 Å². The summed E-state index contributed by atoms with van der Waals surface area (Å²) in [5.41, 5.74) is 5.05. The van der Waals surface area contributed by atoms with Gasteiger partial charge in [0, 0.05) is 18.4 Å². The third-order valence-electron chi connectivity index (χ3n) is 4.58. The Kier molecular flexibility index (Phi) is 5.64. The number of allylic oxidation sites excluding steroid dienone is 1. The molecule has 5 heteroatoms. The number of hydrogen-bond donors (Lipinski definition) is 0. The van der Waals surface area contributed by atoms with Crippen molar-refractivity contribution in [3.63, 3.8) is 0 Å². The molecule has 0 atom stereocenters. The SMILES string of the molecule is CCCn1nccc1C1=C(COc2ccc(C)nc2C=O)CCCC1. The minimum Gasteiger partial charge on any atom is -0.487 e. The number of ether oxygens (including phenoxy) is 1. The third-order valence-corrected chi connectivity index (χ3v) is 4.58. The number of hydrogen-bond acceptors (Lipinski definition) is 4. The molecule has 3 rings (SSSR count). The highest BCUT2D eigenvalue weighted by Gasteiger charge is 2.18. The molecule has 0 saturated carbocycles. The van der Waals surface area contributed by atoms with E-state index in [0.29, 0.717) is 18.1 Å². The van der Waals surface area contributed by atoms with E-state index in [4.69, 9.17) is 4.74 Å². The number of carbonyl (C=O) groups excluding carboxylic acids is 1. The fourth-order valence-corrected chi connectivity index (χ4v) is 3.35. The Morgan fingerprint density at radius 2 is 2.08 bits per heavy atom. The predicted octanol–water partition coefficient (Wildman–Crippen LogP) is 4.22. The maximum atomic E-state index is 11.2. The van der Waals surface area contributed by atoms with Crippen LogP contribution in [0.25, 0.3) is 5.57 Å². The van der Waals surface area contributed by atoms with Crippen molar-refractivity contribution in [2.45, 2.75) is 52.5 Å². The van der Waals surface area contributed by atoms with Gasteiger partial charge >= 0.3 is 0 Å². The van der Waals surface area contributed by atoms with Gasteiger partial charge in [0.2, 0.25) is 0 Å². The van der Waals surface area contributed by atoms with Gasteiger partial charge in [0.05, 0.1) is 5.69 Å². The van der Waals surface area contributed by atoms with Gasteiger partial charge in [-0.1, -0.05) is 6.92 Å². The largest absolute Gasteiger partial charge is 0.487 e. The van der Waals surface area contributed by atoms with E-state index < -0.39 is 0 Å². The highest BCUT2D eigenvalue weighted by Crippen LogP contribution is 2.33. The van der Waals surface area contributed by atoms with Gasteiger partial charge < -0.3 is 4.74 Å².